The Hall–Kier alpha value is -1.22. The van der Waals surface area contributed by atoms with Crippen LogP contribution in [0.1, 0.15) is 18.4 Å². The summed E-state index contributed by atoms with van der Waals surface area (Å²) in [4.78, 5) is 0. The molecule has 2 aliphatic heterocycles. The zero-order valence-electron chi connectivity index (χ0n) is 8.71. The highest BCUT2D eigenvalue weighted by Crippen LogP contribution is 2.41. The number of para-hydroxylation sites is 1. The van der Waals surface area contributed by atoms with Crippen molar-refractivity contribution >= 4 is 5.69 Å². The van der Waals surface area contributed by atoms with Gasteiger partial charge in [0.1, 0.15) is 5.75 Å². The zero-order chi connectivity index (χ0) is 10.3. The predicted molar refractivity (Wildman–Crippen MR) is 60.3 cm³/mol. The van der Waals surface area contributed by atoms with Crippen LogP contribution in [-0.2, 0) is 6.42 Å². The van der Waals surface area contributed by atoms with Gasteiger partial charge in [0.2, 0.25) is 0 Å². The average molecular weight is 204 g/mol. The summed E-state index contributed by atoms with van der Waals surface area (Å²) in [5.74, 6) is 0.392. The molecular weight excluding hydrogens is 188 g/mol. The predicted octanol–water partition coefficient (Wildman–Crippen LogP) is 1.48. The summed E-state index contributed by atoms with van der Waals surface area (Å²) in [6, 6.07) is 5.79. The fraction of sp³-hybridized carbons (Fsp3) is 0.500. The van der Waals surface area contributed by atoms with Crippen LogP contribution in [0.15, 0.2) is 18.2 Å². The summed E-state index contributed by atoms with van der Waals surface area (Å²) < 4.78 is 0. The smallest absolute Gasteiger partial charge is 0.138 e. The van der Waals surface area contributed by atoms with Gasteiger partial charge < -0.3 is 15.7 Å². The van der Waals surface area contributed by atoms with Gasteiger partial charge in [-0.05, 0) is 44.0 Å². The SMILES string of the molecule is Oc1cccc2c1NC1(CCNCC1)C2. The van der Waals surface area contributed by atoms with E-state index in [2.05, 4.69) is 16.7 Å². The Morgan fingerprint density at radius 1 is 1.20 bits per heavy atom. The van der Waals surface area contributed by atoms with E-state index in [9.17, 15) is 5.11 Å². The number of hydrogen-bond acceptors (Lipinski definition) is 3. The lowest BCUT2D eigenvalue weighted by Gasteiger charge is -2.34. The molecule has 3 rings (SSSR count). The van der Waals surface area contributed by atoms with E-state index in [1.807, 2.05) is 6.07 Å². The van der Waals surface area contributed by atoms with Crippen LogP contribution in [0.5, 0.6) is 5.75 Å². The minimum atomic E-state index is 0.201. The first kappa shape index (κ1) is 9.04. The second-order valence-electron chi connectivity index (χ2n) is 4.64. The molecule has 0 aromatic heterocycles. The number of nitrogens with one attached hydrogen (secondary N) is 2. The molecule has 0 saturated carbocycles. The number of rotatable bonds is 0. The van der Waals surface area contributed by atoms with Crippen molar-refractivity contribution in [1.82, 2.24) is 5.32 Å². The lowest BCUT2D eigenvalue weighted by atomic mass is 9.86. The molecule has 1 fully saturated rings. The number of phenolic OH excluding ortho intramolecular Hbond substituents is 1. The lowest BCUT2D eigenvalue weighted by molar-refractivity contribution is 0.347. The molecule has 0 unspecified atom stereocenters. The molecule has 15 heavy (non-hydrogen) atoms. The van der Waals surface area contributed by atoms with Gasteiger partial charge in [0, 0.05) is 5.54 Å². The van der Waals surface area contributed by atoms with Crippen LogP contribution in [0, 0.1) is 0 Å². The third-order valence-corrected chi connectivity index (χ3v) is 3.61. The summed E-state index contributed by atoms with van der Waals surface area (Å²) in [5, 5.41) is 16.7. The van der Waals surface area contributed by atoms with Gasteiger partial charge in [-0.25, -0.2) is 0 Å². The number of piperidine rings is 1. The van der Waals surface area contributed by atoms with E-state index in [-0.39, 0.29) is 5.54 Å². The second-order valence-corrected chi connectivity index (χ2v) is 4.64. The number of anilines is 1. The first-order chi connectivity index (χ1) is 7.29. The van der Waals surface area contributed by atoms with Crippen molar-refractivity contribution in [2.24, 2.45) is 0 Å². The van der Waals surface area contributed by atoms with Crippen LogP contribution in [0.2, 0.25) is 0 Å². The molecule has 1 saturated heterocycles. The van der Waals surface area contributed by atoms with E-state index in [0.29, 0.717) is 5.75 Å². The quantitative estimate of drug-likeness (QED) is 0.561. The van der Waals surface area contributed by atoms with E-state index < -0.39 is 0 Å². The Labute approximate surface area is 89.5 Å². The molecule has 3 nitrogen and oxygen atoms in total. The Morgan fingerprint density at radius 3 is 2.73 bits per heavy atom. The Morgan fingerprint density at radius 2 is 2.00 bits per heavy atom. The zero-order valence-corrected chi connectivity index (χ0v) is 8.71. The lowest BCUT2D eigenvalue weighted by Crippen LogP contribution is -2.46. The third-order valence-electron chi connectivity index (χ3n) is 3.61. The first-order valence-corrected chi connectivity index (χ1v) is 5.59. The van der Waals surface area contributed by atoms with Gasteiger partial charge in [-0.1, -0.05) is 12.1 Å². The number of aromatic hydroxyl groups is 1. The highest BCUT2D eigenvalue weighted by Gasteiger charge is 2.38. The van der Waals surface area contributed by atoms with E-state index in [1.54, 1.807) is 6.07 Å². The molecule has 3 heteroatoms. The molecule has 1 spiro atoms. The summed E-state index contributed by atoms with van der Waals surface area (Å²) in [7, 11) is 0. The first-order valence-electron chi connectivity index (χ1n) is 5.59. The molecule has 3 N–H and O–H groups in total. The summed E-state index contributed by atoms with van der Waals surface area (Å²) in [5.41, 5.74) is 2.42. The van der Waals surface area contributed by atoms with Gasteiger partial charge >= 0.3 is 0 Å². The molecule has 0 aliphatic carbocycles. The highest BCUT2D eigenvalue weighted by molar-refractivity contribution is 5.67. The van der Waals surface area contributed by atoms with Crippen LogP contribution < -0.4 is 10.6 Å². The Bertz CT molecular complexity index is 383. The maximum Gasteiger partial charge on any atom is 0.138 e. The van der Waals surface area contributed by atoms with Crippen LogP contribution in [0.4, 0.5) is 5.69 Å². The van der Waals surface area contributed by atoms with E-state index in [0.717, 1.165) is 38.0 Å². The maximum absolute atomic E-state index is 9.77. The molecule has 0 atom stereocenters. The summed E-state index contributed by atoms with van der Waals surface area (Å²) >= 11 is 0. The molecule has 0 radical (unpaired) electrons. The van der Waals surface area contributed by atoms with Gasteiger partial charge in [-0.2, -0.15) is 0 Å². The molecule has 1 aromatic carbocycles. The standard InChI is InChI=1S/C12H16N2O/c15-10-3-1-2-9-8-12(14-11(9)10)4-6-13-7-5-12/h1-3,13-15H,4-8H2. The van der Waals surface area contributed by atoms with Crippen molar-refractivity contribution in [3.05, 3.63) is 23.8 Å². The Balaban J connectivity index is 1.94. The minimum Gasteiger partial charge on any atom is -0.506 e. The van der Waals surface area contributed by atoms with Crippen LogP contribution in [-0.4, -0.2) is 23.7 Å². The summed E-state index contributed by atoms with van der Waals surface area (Å²) in [6.07, 6.45) is 3.33. The third kappa shape index (κ3) is 1.38. The molecule has 0 amide bonds. The molecule has 2 heterocycles. The largest absolute Gasteiger partial charge is 0.506 e. The van der Waals surface area contributed by atoms with Gasteiger partial charge in [-0.15, -0.1) is 0 Å². The van der Waals surface area contributed by atoms with Gasteiger partial charge in [0.25, 0.3) is 0 Å². The second kappa shape index (κ2) is 3.14. The molecule has 0 bridgehead atoms. The number of fused-ring (bicyclic) bond motifs is 1. The normalized spacial score (nSPS) is 22.4. The van der Waals surface area contributed by atoms with Crippen molar-refractivity contribution < 1.29 is 5.11 Å². The van der Waals surface area contributed by atoms with E-state index >= 15 is 0 Å². The van der Waals surface area contributed by atoms with E-state index in [4.69, 9.17) is 0 Å². The van der Waals surface area contributed by atoms with Crippen LogP contribution in [0.3, 0.4) is 0 Å². The van der Waals surface area contributed by atoms with Gasteiger partial charge in [0.05, 0.1) is 5.69 Å². The number of phenols is 1. The maximum atomic E-state index is 9.77. The van der Waals surface area contributed by atoms with Crippen LogP contribution in [0.25, 0.3) is 0 Å². The Kier molecular flexibility index (Phi) is 1.89. The van der Waals surface area contributed by atoms with Crippen LogP contribution >= 0.6 is 0 Å². The van der Waals surface area contributed by atoms with Crippen molar-refractivity contribution in [1.29, 1.82) is 0 Å². The molecular formula is C12H16N2O. The molecule has 80 valence electrons. The summed E-state index contributed by atoms with van der Waals surface area (Å²) in [6.45, 7) is 2.14. The molecule has 1 aromatic rings. The fourth-order valence-corrected chi connectivity index (χ4v) is 2.76. The number of hydrogen-bond donors (Lipinski definition) is 3. The van der Waals surface area contributed by atoms with Gasteiger partial charge in [-0.3, -0.25) is 0 Å². The van der Waals surface area contributed by atoms with Crippen molar-refractivity contribution in [2.75, 3.05) is 18.4 Å². The van der Waals surface area contributed by atoms with E-state index in [1.165, 1.54) is 5.56 Å². The van der Waals surface area contributed by atoms with Crippen molar-refractivity contribution in [2.45, 2.75) is 24.8 Å². The van der Waals surface area contributed by atoms with Crippen molar-refractivity contribution in [3.8, 4) is 5.75 Å². The minimum absolute atomic E-state index is 0.201. The fourth-order valence-electron chi connectivity index (χ4n) is 2.76. The topological polar surface area (TPSA) is 44.3 Å². The number of benzene rings is 1. The van der Waals surface area contributed by atoms with Gasteiger partial charge in [0.15, 0.2) is 0 Å². The average Bonchev–Trinajstić information content (AvgIpc) is 2.59. The highest BCUT2D eigenvalue weighted by atomic mass is 16.3. The molecule has 2 aliphatic rings. The van der Waals surface area contributed by atoms with Crippen molar-refractivity contribution in [3.63, 3.8) is 0 Å². The monoisotopic (exact) mass is 204 g/mol.